The Morgan fingerprint density at radius 2 is 2.46 bits per heavy atom. The van der Waals surface area contributed by atoms with Gasteiger partial charge in [-0.25, -0.2) is 0 Å². The van der Waals surface area contributed by atoms with Crippen LogP contribution in [0.5, 0.6) is 0 Å². The first-order valence-corrected chi connectivity index (χ1v) is 4.99. The molecular weight excluding hydrogens is 210 g/mol. The standard InChI is InChI=1S/C8H10ClNO2S/c1-2-12-8(10)7(11)5-3-4-6(9)13-5/h3-4,7,10-11H,2H2,1H3. The van der Waals surface area contributed by atoms with E-state index in [1.54, 1.807) is 19.1 Å². The van der Waals surface area contributed by atoms with Crippen molar-refractivity contribution < 1.29 is 9.84 Å². The molecule has 0 aromatic carbocycles. The molecule has 1 aromatic rings. The van der Waals surface area contributed by atoms with Crippen molar-refractivity contribution in [2.45, 2.75) is 13.0 Å². The van der Waals surface area contributed by atoms with Crippen LogP contribution in [0, 0.1) is 5.41 Å². The van der Waals surface area contributed by atoms with E-state index in [9.17, 15) is 5.11 Å². The molecule has 1 aromatic heterocycles. The van der Waals surface area contributed by atoms with Crippen molar-refractivity contribution in [1.82, 2.24) is 0 Å². The number of nitrogens with one attached hydrogen (secondary N) is 1. The number of aliphatic hydroxyl groups excluding tert-OH is 1. The molecule has 0 aliphatic carbocycles. The number of ether oxygens (including phenoxy) is 1. The Kier molecular flexibility index (Phi) is 3.71. The molecule has 0 spiro atoms. The molecule has 0 aliphatic heterocycles. The van der Waals surface area contributed by atoms with E-state index in [2.05, 4.69) is 0 Å². The molecule has 1 unspecified atom stereocenters. The van der Waals surface area contributed by atoms with E-state index in [0.29, 0.717) is 15.8 Å². The zero-order valence-electron chi connectivity index (χ0n) is 7.08. The lowest BCUT2D eigenvalue weighted by Crippen LogP contribution is -2.13. The third kappa shape index (κ3) is 2.69. The summed E-state index contributed by atoms with van der Waals surface area (Å²) in [5, 5.41) is 16.9. The van der Waals surface area contributed by atoms with Gasteiger partial charge in [0.25, 0.3) is 0 Å². The van der Waals surface area contributed by atoms with Crippen LogP contribution >= 0.6 is 22.9 Å². The third-order valence-electron chi connectivity index (χ3n) is 1.41. The van der Waals surface area contributed by atoms with Gasteiger partial charge in [0.2, 0.25) is 5.90 Å². The molecule has 0 fully saturated rings. The summed E-state index contributed by atoms with van der Waals surface area (Å²) in [6.07, 6.45) is -0.988. The van der Waals surface area contributed by atoms with E-state index in [1.807, 2.05) is 0 Å². The van der Waals surface area contributed by atoms with Gasteiger partial charge in [-0.05, 0) is 19.1 Å². The van der Waals surface area contributed by atoms with E-state index in [-0.39, 0.29) is 5.90 Å². The first kappa shape index (κ1) is 10.5. The van der Waals surface area contributed by atoms with E-state index in [4.69, 9.17) is 21.7 Å². The molecule has 3 nitrogen and oxygen atoms in total. The highest BCUT2D eigenvalue weighted by Gasteiger charge is 2.16. The second kappa shape index (κ2) is 4.60. The lowest BCUT2D eigenvalue weighted by Gasteiger charge is -2.09. The molecule has 2 N–H and O–H groups in total. The van der Waals surface area contributed by atoms with Crippen molar-refractivity contribution >= 4 is 28.8 Å². The summed E-state index contributed by atoms with van der Waals surface area (Å²) in [5.74, 6) is -0.138. The molecule has 1 rings (SSSR count). The van der Waals surface area contributed by atoms with Crippen LogP contribution in [0.15, 0.2) is 12.1 Å². The van der Waals surface area contributed by atoms with Gasteiger partial charge in [-0.2, -0.15) is 0 Å². The lowest BCUT2D eigenvalue weighted by molar-refractivity contribution is 0.193. The second-order valence-electron chi connectivity index (χ2n) is 2.34. The minimum Gasteiger partial charge on any atom is -0.479 e. The Bertz CT molecular complexity index is 300. The molecule has 0 bridgehead atoms. The van der Waals surface area contributed by atoms with E-state index >= 15 is 0 Å². The van der Waals surface area contributed by atoms with Gasteiger partial charge < -0.3 is 9.84 Å². The van der Waals surface area contributed by atoms with E-state index in [1.165, 1.54) is 11.3 Å². The summed E-state index contributed by atoms with van der Waals surface area (Å²) < 4.78 is 5.46. The van der Waals surface area contributed by atoms with Gasteiger partial charge in [0.1, 0.15) is 0 Å². The van der Waals surface area contributed by atoms with Gasteiger partial charge >= 0.3 is 0 Å². The summed E-state index contributed by atoms with van der Waals surface area (Å²) >= 11 is 6.93. The Labute approximate surface area is 85.4 Å². The summed E-state index contributed by atoms with van der Waals surface area (Å²) in [7, 11) is 0. The molecule has 0 aliphatic rings. The van der Waals surface area contributed by atoms with Crippen LogP contribution in [0.2, 0.25) is 4.34 Å². The van der Waals surface area contributed by atoms with Crippen molar-refractivity contribution in [3.8, 4) is 0 Å². The lowest BCUT2D eigenvalue weighted by atomic mass is 10.3. The zero-order valence-corrected chi connectivity index (χ0v) is 8.65. The predicted octanol–water partition coefficient (Wildman–Crippen LogP) is 2.45. The van der Waals surface area contributed by atoms with Crippen LogP contribution in [-0.4, -0.2) is 17.6 Å². The largest absolute Gasteiger partial charge is 0.479 e. The average molecular weight is 220 g/mol. The van der Waals surface area contributed by atoms with Gasteiger partial charge in [0.05, 0.1) is 10.9 Å². The van der Waals surface area contributed by atoms with E-state index in [0.717, 1.165) is 0 Å². The first-order chi connectivity index (χ1) is 6.15. The SMILES string of the molecule is CCOC(=N)C(O)c1ccc(Cl)s1. The van der Waals surface area contributed by atoms with Crippen molar-refractivity contribution in [2.24, 2.45) is 0 Å². The Morgan fingerprint density at radius 3 is 2.92 bits per heavy atom. The van der Waals surface area contributed by atoms with Crippen LogP contribution in [0.25, 0.3) is 0 Å². The molecule has 0 radical (unpaired) electrons. The molecule has 1 heterocycles. The van der Waals surface area contributed by atoms with Crippen LogP contribution in [0.4, 0.5) is 0 Å². The number of halogens is 1. The molecule has 1 atom stereocenters. The fraction of sp³-hybridized carbons (Fsp3) is 0.375. The Hall–Kier alpha value is -0.580. The van der Waals surface area contributed by atoms with Crippen LogP contribution < -0.4 is 0 Å². The fourth-order valence-corrected chi connectivity index (χ4v) is 1.89. The highest BCUT2D eigenvalue weighted by Crippen LogP contribution is 2.27. The smallest absolute Gasteiger partial charge is 0.215 e. The van der Waals surface area contributed by atoms with Crippen molar-refractivity contribution in [2.75, 3.05) is 6.61 Å². The molecule has 0 saturated carbocycles. The monoisotopic (exact) mass is 219 g/mol. The summed E-state index contributed by atoms with van der Waals surface area (Å²) in [5.41, 5.74) is 0. The summed E-state index contributed by atoms with van der Waals surface area (Å²) in [4.78, 5) is 0.628. The number of thiophene rings is 1. The predicted molar refractivity (Wildman–Crippen MR) is 53.6 cm³/mol. The summed E-state index contributed by atoms with van der Waals surface area (Å²) in [6.45, 7) is 2.15. The number of aliphatic hydroxyl groups is 1. The summed E-state index contributed by atoms with van der Waals surface area (Å²) in [6, 6.07) is 3.37. The van der Waals surface area contributed by atoms with Gasteiger partial charge in [-0.15, -0.1) is 11.3 Å². The molecule has 0 amide bonds. The van der Waals surface area contributed by atoms with Gasteiger partial charge in [-0.3, -0.25) is 5.41 Å². The topological polar surface area (TPSA) is 53.3 Å². The third-order valence-corrected chi connectivity index (χ3v) is 2.70. The average Bonchev–Trinajstić information content (AvgIpc) is 2.51. The fourth-order valence-electron chi connectivity index (χ4n) is 0.839. The molecule has 13 heavy (non-hydrogen) atoms. The minimum atomic E-state index is -0.988. The highest BCUT2D eigenvalue weighted by molar-refractivity contribution is 7.16. The number of hydrogen-bond acceptors (Lipinski definition) is 4. The minimum absolute atomic E-state index is 0.138. The van der Waals surface area contributed by atoms with Gasteiger partial charge in [0, 0.05) is 4.88 Å². The highest BCUT2D eigenvalue weighted by atomic mass is 35.5. The van der Waals surface area contributed by atoms with Crippen LogP contribution in [0.3, 0.4) is 0 Å². The molecule has 72 valence electrons. The van der Waals surface area contributed by atoms with Gasteiger partial charge in [0.15, 0.2) is 6.10 Å². The second-order valence-corrected chi connectivity index (χ2v) is 4.09. The maximum Gasteiger partial charge on any atom is 0.215 e. The maximum atomic E-state index is 9.54. The van der Waals surface area contributed by atoms with Crippen molar-refractivity contribution in [3.63, 3.8) is 0 Å². The quantitative estimate of drug-likeness (QED) is 0.606. The number of hydrogen-bond donors (Lipinski definition) is 2. The molecule has 5 heteroatoms. The van der Waals surface area contributed by atoms with Crippen LogP contribution in [0.1, 0.15) is 17.9 Å². The zero-order chi connectivity index (χ0) is 9.84. The number of rotatable bonds is 3. The Morgan fingerprint density at radius 1 is 1.77 bits per heavy atom. The normalized spacial score (nSPS) is 12.5. The maximum absolute atomic E-state index is 9.54. The van der Waals surface area contributed by atoms with Gasteiger partial charge in [-0.1, -0.05) is 11.6 Å². The van der Waals surface area contributed by atoms with Crippen molar-refractivity contribution in [1.29, 1.82) is 5.41 Å². The first-order valence-electron chi connectivity index (χ1n) is 3.79. The van der Waals surface area contributed by atoms with Crippen molar-refractivity contribution in [3.05, 3.63) is 21.3 Å². The van der Waals surface area contributed by atoms with E-state index < -0.39 is 6.10 Å². The Balaban J connectivity index is 2.67. The molecule has 0 saturated heterocycles. The molecular formula is C8H10ClNO2S. The van der Waals surface area contributed by atoms with Crippen LogP contribution in [-0.2, 0) is 4.74 Å².